The highest BCUT2D eigenvalue weighted by molar-refractivity contribution is 6.30. The number of hydrogen-bond donors (Lipinski definition) is 2. The molecule has 0 saturated carbocycles. The minimum atomic E-state index is 0.0551. The molecule has 0 unspecified atom stereocenters. The van der Waals surface area contributed by atoms with Crippen molar-refractivity contribution in [1.29, 1.82) is 0 Å². The zero-order valence-electron chi connectivity index (χ0n) is 29.5. The molecule has 0 amide bonds. The molecule has 0 spiro atoms. The van der Waals surface area contributed by atoms with E-state index in [2.05, 4.69) is 176 Å². The van der Waals surface area contributed by atoms with Crippen molar-refractivity contribution in [3.8, 4) is 16.9 Å². The van der Waals surface area contributed by atoms with E-state index in [0.29, 0.717) is 13.1 Å². The highest BCUT2D eigenvalue weighted by atomic mass is 35.5. The third kappa shape index (κ3) is 9.14. The van der Waals surface area contributed by atoms with Crippen LogP contribution in [-0.4, -0.2) is 20.2 Å². The van der Waals surface area contributed by atoms with Crippen LogP contribution in [-0.2, 0) is 0 Å². The molecule has 2 atom stereocenters. The van der Waals surface area contributed by atoms with Crippen molar-refractivity contribution in [2.24, 2.45) is 0 Å². The first-order chi connectivity index (χ1) is 25.0. The SMILES string of the molecule is COc1c(-c2cccc(/C(=C/CN[C@H](C)c3cccc(Cl)c3)c3ccccc3)c2)cccc1[C@@H](C)NCC=C(c1ccccc1)c1ccccc1. The Labute approximate surface area is 308 Å². The number of hydrogen-bond acceptors (Lipinski definition) is 3. The minimum Gasteiger partial charge on any atom is -0.496 e. The number of methoxy groups -OCH3 is 1. The zero-order chi connectivity index (χ0) is 35.4. The summed E-state index contributed by atoms with van der Waals surface area (Å²) in [6, 6.07) is 55.2. The van der Waals surface area contributed by atoms with Crippen molar-refractivity contribution in [2.75, 3.05) is 20.2 Å². The van der Waals surface area contributed by atoms with Gasteiger partial charge >= 0.3 is 0 Å². The molecule has 3 nitrogen and oxygen atoms in total. The molecule has 0 saturated heterocycles. The third-order valence-corrected chi connectivity index (χ3v) is 9.50. The third-order valence-electron chi connectivity index (χ3n) is 9.26. The fourth-order valence-corrected chi connectivity index (χ4v) is 6.74. The molecule has 0 aliphatic carbocycles. The Hall–Kier alpha value is -5.19. The molecule has 0 aliphatic heterocycles. The summed E-state index contributed by atoms with van der Waals surface area (Å²) in [7, 11) is 1.77. The fraction of sp³-hybridized carbons (Fsp3) is 0.149. The Balaban J connectivity index is 1.25. The van der Waals surface area contributed by atoms with Crippen molar-refractivity contribution in [3.05, 3.63) is 208 Å². The second kappa shape index (κ2) is 17.6. The maximum atomic E-state index is 6.27. The van der Waals surface area contributed by atoms with Gasteiger partial charge in [0.25, 0.3) is 0 Å². The Bertz CT molecular complexity index is 2030. The second-order valence-corrected chi connectivity index (χ2v) is 13.1. The van der Waals surface area contributed by atoms with Crippen LogP contribution in [0, 0.1) is 0 Å². The molecule has 0 radical (unpaired) electrons. The first-order valence-corrected chi connectivity index (χ1v) is 18.0. The maximum Gasteiger partial charge on any atom is 0.131 e. The number of nitrogens with one attached hydrogen (secondary N) is 2. The smallest absolute Gasteiger partial charge is 0.131 e. The maximum absolute atomic E-state index is 6.27. The van der Waals surface area contributed by atoms with E-state index in [0.717, 1.165) is 33.0 Å². The monoisotopic (exact) mass is 688 g/mol. The number of ether oxygens (including phenoxy) is 1. The molecule has 0 aromatic heterocycles. The Morgan fingerprint density at radius 2 is 1.08 bits per heavy atom. The lowest BCUT2D eigenvalue weighted by atomic mass is 9.92. The molecule has 4 heteroatoms. The van der Waals surface area contributed by atoms with Gasteiger partial charge < -0.3 is 15.4 Å². The van der Waals surface area contributed by atoms with Gasteiger partial charge in [-0.1, -0.05) is 163 Å². The minimum absolute atomic E-state index is 0.0551. The number of halogens is 1. The van der Waals surface area contributed by atoms with E-state index >= 15 is 0 Å². The topological polar surface area (TPSA) is 33.3 Å². The van der Waals surface area contributed by atoms with Crippen molar-refractivity contribution < 1.29 is 4.74 Å². The summed E-state index contributed by atoms with van der Waals surface area (Å²) in [5.41, 5.74) is 11.6. The molecule has 6 aromatic carbocycles. The van der Waals surface area contributed by atoms with Crippen LogP contribution in [0.25, 0.3) is 22.3 Å². The van der Waals surface area contributed by atoms with E-state index in [1.807, 2.05) is 18.2 Å². The van der Waals surface area contributed by atoms with Crippen molar-refractivity contribution in [3.63, 3.8) is 0 Å². The number of benzene rings is 6. The van der Waals surface area contributed by atoms with Crippen LogP contribution in [0.1, 0.15) is 59.3 Å². The second-order valence-electron chi connectivity index (χ2n) is 12.7. The zero-order valence-corrected chi connectivity index (χ0v) is 30.3. The fourth-order valence-electron chi connectivity index (χ4n) is 6.54. The van der Waals surface area contributed by atoms with Gasteiger partial charge in [-0.3, -0.25) is 0 Å². The first-order valence-electron chi connectivity index (χ1n) is 17.6. The first kappa shape index (κ1) is 35.6. The average molecular weight is 689 g/mol. The quantitative estimate of drug-likeness (QED) is 0.119. The Morgan fingerprint density at radius 1 is 0.569 bits per heavy atom. The highest BCUT2D eigenvalue weighted by Crippen LogP contribution is 2.38. The van der Waals surface area contributed by atoms with Gasteiger partial charge in [-0.2, -0.15) is 0 Å². The van der Waals surface area contributed by atoms with Gasteiger partial charge in [0.05, 0.1) is 7.11 Å². The van der Waals surface area contributed by atoms with E-state index in [-0.39, 0.29) is 12.1 Å². The predicted octanol–water partition coefficient (Wildman–Crippen LogP) is 11.6. The van der Waals surface area contributed by atoms with Crippen molar-refractivity contribution in [2.45, 2.75) is 25.9 Å². The van der Waals surface area contributed by atoms with E-state index in [4.69, 9.17) is 16.3 Å². The average Bonchev–Trinajstić information content (AvgIpc) is 3.18. The van der Waals surface area contributed by atoms with Crippen LogP contribution in [0.4, 0.5) is 0 Å². The normalized spacial score (nSPS) is 12.6. The Kier molecular flexibility index (Phi) is 12.3. The molecule has 2 N–H and O–H groups in total. The molecule has 0 bridgehead atoms. The summed E-state index contributed by atoms with van der Waals surface area (Å²) in [6.45, 7) is 5.77. The summed E-state index contributed by atoms with van der Waals surface area (Å²) >= 11 is 6.27. The molecular formula is C47H45ClN2O. The van der Waals surface area contributed by atoms with Crippen LogP contribution < -0.4 is 15.4 Å². The van der Waals surface area contributed by atoms with Crippen LogP contribution in [0.15, 0.2) is 170 Å². The molecule has 0 aliphatic rings. The lowest BCUT2D eigenvalue weighted by Gasteiger charge is -2.20. The molecule has 51 heavy (non-hydrogen) atoms. The molecule has 0 fully saturated rings. The van der Waals surface area contributed by atoms with Crippen LogP contribution in [0.3, 0.4) is 0 Å². The molecule has 256 valence electrons. The number of para-hydroxylation sites is 1. The Morgan fingerprint density at radius 3 is 1.65 bits per heavy atom. The number of rotatable bonds is 14. The summed E-state index contributed by atoms with van der Waals surface area (Å²) in [4.78, 5) is 0. The van der Waals surface area contributed by atoms with Gasteiger partial charge in [0, 0.05) is 41.3 Å². The van der Waals surface area contributed by atoms with Gasteiger partial charge in [-0.05, 0) is 76.6 Å². The van der Waals surface area contributed by atoms with Crippen LogP contribution in [0.5, 0.6) is 5.75 Å². The van der Waals surface area contributed by atoms with E-state index in [1.165, 1.54) is 33.4 Å². The molecule has 6 rings (SSSR count). The van der Waals surface area contributed by atoms with Crippen LogP contribution in [0.2, 0.25) is 5.02 Å². The van der Waals surface area contributed by atoms with Gasteiger partial charge in [0.15, 0.2) is 0 Å². The molecule has 0 heterocycles. The predicted molar refractivity (Wildman–Crippen MR) is 216 cm³/mol. The summed E-state index contributed by atoms with van der Waals surface area (Å²) in [5, 5.41) is 8.15. The lowest BCUT2D eigenvalue weighted by Crippen LogP contribution is -2.19. The largest absolute Gasteiger partial charge is 0.496 e. The lowest BCUT2D eigenvalue weighted by molar-refractivity contribution is 0.404. The van der Waals surface area contributed by atoms with E-state index < -0.39 is 0 Å². The van der Waals surface area contributed by atoms with Crippen LogP contribution >= 0.6 is 11.6 Å². The van der Waals surface area contributed by atoms with Gasteiger partial charge in [-0.15, -0.1) is 0 Å². The van der Waals surface area contributed by atoms with E-state index in [9.17, 15) is 0 Å². The summed E-state index contributed by atoms with van der Waals surface area (Å²) in [6.07, 6.45) is 4.56. The van der Waals surface area contributed by atoms with Crippen molar-refractivity contribution in [1.82, 2.24) is 10.6 Å². The molecular weight excluding hydrogens is 644 g/mol. The van der Waals surface area contributed by atoms with E-state index in [1.54, 1.807) is 7.11 Å². The van der Waals surface area contributed by atoms with Gasteiger partial charge in [0.2, 0.25) is 0 Å². The van der Waals surface area contributed by atoms with Gasteiger partial charge in [0.1, 0.15) is 5.75 Å². The van der Waals surface area contributed by atoms with Gasteiger partial charge in [-0.25, -0.2) is 0 Å². The summed E-state index contributed by atoms with van der Waals surface area (Å²) in [5.74, 6) is 0.882. The highest BCUT2D eigenvalue weighted by Gasteiger charge is 2.17. The van der Waals surface area contributed by atoms with Crippen molar-refractivity contribution >= 4 is 22.7 Å². The summed E-state index contributed by atoms with van der Waals surface area (Å²) < 4.78 is 6.16. The molecule has 6 aromatic rings. The standard InChI is InChI=1S/C47H45ClN2O/c1-34(39-22-14-25-42(48)33-39)49-30-29-45(38-20-11-6-12-21-38)40-23-13-24-41(32-40)46-27-15-26-43(47(46)51-3)35(2)50-31-28-44(36-16-7-4-8-17-36)37-18-9-5-10-19-37/h4-29,32-35,49-50H,30-31H2,1-3H3/b45-29+/t34-,35-/m1/s1.